The molecule has 1 N–H and O–H groups in total. The zero-order valence-corrected chi connectivity index (χ0v) is 18.2. The molecule has 0 atom stereocenters. The summed E-state index contributed by atoms with van der Waals surface area (Å²) in [6.07, 6.45) is 5.52. The lowest BCUT2D eigenvalue weighted by atomic mass is 10.2. The highest BCUT2D eigenvalue weighted by atomic mass is 16.5. The van der Waals surface area contributed by atoms with Gasteiger partial charge in [0.1, 0.15) is 5.52 Å². The number of nitrogens with zero attached hydrogens (tertiary/aromatic N) is 7. The van der Waals surface area contributed by atoms with Crippen molar-refractivity contribution in [2.75, 3.05) is 49.5 Å². The smallest absolute Gasteiger partial charge is 0.358 e. The number of esters is 1. The van der Waals surface area contributed by atoms with Crippen LogP contribution in [0.1, 0.15) is 29.5 Å². The summed E-state index contributed by atoms with van der Waals surface area (Å²) in [5, 5.41) is 7.49. The number of aromatic nitrogens is 5. The van der Waals surface area contributed by atoms with E-state index in [-0.39, 0.29) is 18.2 Å². The maximum absolute atomic E-state index is 12.7. The summed E-state index contributed by atoms with van der Waals surface area (Å²) >= 11 is 0. The van der Waals surface area contributed by atoms with Gasteiger partial charge in [-0.25, -0.2) is 24.3 Å². The van der Waals surface area contributed by atoms with E-state index >= 15 is 0 Å². The van der Waals surface area contributed by atoms with Crippen molar-refractivity contribution in [2.24, 2.45) is 0 Å². The van der Waals surface area contributed by atoms with Crippen LogP contribution in [0.2, 0.25) is 0 Å². The maximum Gasteiger partial charge on any atom is 0.358 e. The van der Waals surface area contributed by atoms with Crippen LogP contribution >= 0.6 is 0 Å². The Bertz CT molecular complexity index is 1090. The molecule has 1 saturated heterocycles. The minimum Gasteiger partial charge on any atom is -0.461 e. The van der Waals surface area contributed by atoms with E-state index in [9.17, 15) is 9.59 Å². The van der Waals surface area contributed by atoms with Gasteiger partial charge in [-0.05, 0) is 19.9 Å². The van der Waals surface area contributed by atoms with Gasteiger partial charge in [0.25, 0.3) is 0 Å². The number of fused-ring (bicyclic) bond motifs is 1. The van der Waals surface area contributed by atoms with Crippen LogP contribution < -0.4 is 10.2 Å². The molecule has 11 nitrogen and oxygen atoms in total. The largest absolute Gasteiger partial charge is 0.461 e. The van der Waals surface area contributed by atoms with Crippen molar-refractivity contribution in [3.8, 4) is 0 Å². The number of anilines is 2. The minimum atomic E-state index is -0.477. The molecule has 3 aromatic heterocycles. The first-order chi connectivity index (χ1) is 15.5. The summed E-state index contributed by atoms with van der Waals surface area (Å²) in [4.78, 5) is 41.6. The van der Waals surface area contributed by atoms with Gasteiger partial charge in [-0.15, -0.1) is 0 Å². The predicted octanol–water partition coefficient (Wildman–Crippen LogP) is 1.16. The first-order valence-electron chi connectivity index (χ1n) is 10.6. The highest BCUT2D eigenvalue weighted by molar-refractivity contribution is 5.90. The molecular weight excluding hydrogens is 412 g/mol. The van der Waals surface area contributed by atoms with Crippen molar-refractivity contribution in [2.45, 2.75) is 20.3 Å². The third kappa shape index (κ3) is 4.76. The number of aryl methyl sites for hydroxylation is 1. The van der Waals surface area contributed by atoms with Crippen LogP contribution in [0.3, 0.4) is 0 Å². The fraction of sp³-hybridized carbons (Fsp3) is 0.429. The van der Waals surface area contributed by atoms with E-state index in [1.54, 1.807) is 42.2 Å². The number of hydrogen-bond acceptors (Lipinski definition) is 9. The maximum atomic E-state index is 12.7. The van der Waals surface area contributed by atoms with Crippen molar-refractivity contribution in [1.82, 2.24) is 29.5 Å². The van der Waals surface area contributed by atoms with Gasteiger partial charge in [-0.2, -0.15) is 5.10 Å². The molecule has 0 bridgehead atoms. The number of piperazine rings is 1. The Morgan fingerprint density at radius 2 is 1.91 bits per heavy atom. The topological polar surface area (TPSA) is 118 Å². The van der Waals surface area contributed by atoms with Crippen molar-refractivity contribution in [3.05, 3.63) is 42.1 Å². The molecule has 0 spiro atoms. The lowest BCUT2D eigenvalue weighted by molar-refractivity contribution is -0.131. The Morgan fingerprint density at radius 3 is 2.62 bits per heavy atom. The lowest BCUT2D eigenvalue weighted by Gasteiger charge is -2.34. The average molecular weight is 438 g/mol. The number of hydrogen-bond donors (Lipinski definition) is 1. The molecule has 168 valence electrons. The van der Waals surface area contributed by atoms with Crippen molar-refractivity contribution < 1.29 is 14.3 Å². The zero-order chi connectivity index (χ0) is 22.5. The average Bonchev–Trinajstić information content (AvgIpc) is 3.24. The Balaban J connectivity index is 1.33. The number of carbonyl (C=O) groups excluding carboxylic acids is 2. The zero-order valence-electron chi connectivity index (χ0n) is 18.2. The van der Waals surface area contributed by atoms with E-state index < -0.39 is 5.97 Å². The standard InChI is InChI=1S/C21H26N8O3/c1-3-32-20(31)16-13-17-19(25-15(2)14-29(17)26-16)22-8-5-18(30)27-9-11-28(12-10-27)21-23-6-4-7-24-21/h4,6-7,13-14H,3,5,8-12H2,1-2H3,(H,22,25). The summed E-state index contributed by atoms with van der Waals surface area (Å²) in [6, 6.07) is 3.42. The Hall–Kier alpha value is -3.76. The third-order valence-electron chi connectivity index (χ3n) is 5.16. The molecule has 1 aliphatic rings. The molecule has 4 rings (SSSR count). The molecule has 1 aliphatic heterocycles. The second kappa shape index (κ2) is 9.58. The molecule has 1 fully saturated rings. The van der Waals surface area contributed by atoms with Gasteiger partial charge < -0.3 is 19.9 Å². The van der Waals surface area contributed by atoms with Gasteiger partial charge in [-0.3, -0.25) is 4.79 Å². The molecule has 0 saturated carbocycles. The summed E-state index contributed by atoms with van der Waals surface area (Å²) in [7, 11) is 0. The highest BCUT2D eigenvalue weighted by Gasteiger charge is 2.22. The number of rotatable bonds is 7. The van der Waals surface area contributed by atoms with Crippen LogP contribution in [-0.2, 0) is 9.53 Å². The Morgan fingerprint density at radius 1 is 1.16 bits per heavy atom. The van der Waals surface area contributed by atoms with Gasteiger partial charge in [-0.1, -0.05) is 0 Å². The number of amides is 1. The fourth-order valence-electron chi connectivity index (χ4n) is 3.60. The SMILES string of the molecule is CCOC(=O)c1cc2c(NCCC(=O)N3CCN(c4ncccn4)CC3)nc(C)cn2n1. The van der Waals surface area contributed by atoms with E-state index in [2.05, 4.69) is 30.3 Å². The molecule has 11 heteroatoms. The summed E-state index contributed by atoms with van der Waals surface area (Å²) < 4.78 is 6.63. The van der Waals surface area contributed by atoms with Gasteiger partial charge in [0, 0.05) is 57.6 Å². The molecule has 0 aliphatic carbocycles. The van der Waals surface area contributed by atoms with Gasteiger partial charge in [0.15, 0.2) is 11.5 Å². The molecule has 0 unspecified atom stereocenters. The van der Waals surface area contributed by atoms with Gasteiger partial charge in [0.05, 0.1) is 18.5 Å². The van der Waals surface area contributed by atoms with Crippen LogP contribution in [0.15, 0.2) is 30.7 Å². The second-order valence-electron chi connectivity index (χ2n) is 7.40. The van der Waals surface area contributed by atoms with E-state index in [4.69, 9.17) is 4.74 Å². The molecule has 32 heavy (non-hydrogen) atoms. The van der Waals surface area contributed by atoms with Crippen LogP contribution in [0, 0.1) is 6.92 Å². The summed E-state index contributed by atoms with van der Waals surface area (Å²) in [5.41, 5.74) is 1.62. The number of nitrogens with one attached hydrogen (secondary N) is 1. The van der Waals surface area contributed by atoms with E-state index in [0.29, 0.717) is 56.4 Å². The van der Waals surface area contributed by atoms with E-state index in [0.717, 1.165) is 5.69 Å². The monoisotopic (exact) mass is 438 g/mol. The van der Waals surface area contributed by atoms with E-state index in [1.807, 2.05) is 11.8 Å². The number of ether oxygens (including phenoxy) is 1. The minimum absolute atomic E-state index is 0.0792. The highest BCUT2D eigenvalue weighted by Crippen LogP contribution is 2.18. The predicted molar refractivity (Wildman–Crippen MR) is 118 cm³/mol. The summed E-state index contributed by atoms with van der Waals surface area (Å²) in [6.45, 7) is 6.98. The Labute approximate surface area is 185 Å². The first-order valence-corrected chi connectivity index (χ1v) is 10.6. The van der Waals surface area contributed by atoms with E-state index in [1.165, 1.54) is 0 Å². The van der Waals surface area contributed by atoms with Crippen molar-refractivity contribution in [3.63, 3.8) is 0 Å². The molecule has 0 aromatic carbocycles. The molecule has 4 heterocycles. The second-order valence-corrected chi connectivity index (χ2v) is 7.40. The van der Waals surface area contributed by atoms with Crippen LogP contribution in [-0.4, -0.2) is 80.7 Å². The van der Waals surface area contributed by atoms with Crippen LogP contribution in [0.25, 0.3) is 5.52 Å². The van der Waals surface area contributed by atoms with Crippen LogP contribution in [0.4, 0.5) is 11.8 Å². The Kier molecular flexibility index (Phi) is 6.43. The quantitative estimate of drug-likeness (QED) is 0.542. The van der Waals surface area contributed by atoms with Crippen molar-refractivity contribution >= 4 is 29.2 Å². The lowest BCUT2D eigenvalue weighted by Crippen LogP contribution is -2.49. The first kappa shape index (κ1) is 21.5. The van der Waals surface area contributed by atoms with Crippen LogP contribution in [0.5, 0.6) is 0 Å². The summed E-state index contributed by atoms with van der Waals surface area (Å²) in [5.74, 6) is 0.872. The van der Waals surface area contributed by atoms with Crippen molar-refractivity contribution in [1.29, 1.82) is 0 Å². The van der Waals surface area contributed by atoms with Gasteiger partial charge >= 0.3 is 5.97 Å². The number of carbonyl (C=O) groups is 2. The third-order valence-corrected chi connectivity index (χ3v) is 5.16. The molecular formula is C21H26N8O3. The fourth-order valence-corrected chi connectivity index (χ4v) is 3.60. The molecule has 1 amide bonds. The molecule has 3 aromatic rings. The normalized spacial score (nSPS) is 13.9. The molecule has 0 radical (unpaired) electrons. The van der Waals surface area contributed by atoms with Gasteiger partial charge in [0.2, 0.25) is 11.9 Å².